The van der Waals surface area contributed by atoms with E-state index < -0.39 is 0 Å². The Morgan fingerprint density at radius 2 is 1.75 bits per heavy atom. The van der Waals surface area contributed by atoms with Gasteiger partial charge < -0.3 is 4.79 Å². The summed E-state index contributed by atoms with van der Waals surface area (Å²) in [5, 5.41) is 8.73. The summed E-state index contributed by atoms with van der Waals surface area (Å²) in [6.07, 6.45) is 4.67. The molecule has 0 spiro atoms. The lowest BCUT2D eigenvalue weighted by Crippen LogP contribution is -2.01. The van der Waals surface area contributed by atoms with Gasteiger partial charge in [-0.25, -0.2) is 0 Å². The highest BCUT2D eigenvalue weighted by Gasteiger charge is 2.00. The van der Waals surface area contributed by atoms with Crippen LogP contribution in [0.3, 0.4) is 0 Å². The molecule has 4 nitrogen and oxygen atoms in total. The summed E-state index contributed by atoms with van der Waals surface area (Å²) in [7, 11) is 0. The van der Waals surface area contributed by atoms with Gasteiger partial charge in [-0.3, -0.25) is 0 Å². The van der Waals surface area contributed by atoms with Crippen molar-refractivity contribution in [1.29, 1.82) is 0 Å². The largest absolute Gasteiger partial charge is 0.303 e. The molecule has 2 rings (SSSR count). The first-order chi connectivity index (χ1) is 7.90. The van der Waals surface area contributed by atoms with Crippen molar-refractivity contribution in [2.75, 3.05) is 0 Å². The van der Waals surface area contributed by atoms with E-state index >= 15 is 0 Å². The molecule has 0 aliphatic heterocycles. The third-order valence-electron chi connectivity index (χ3n) is 2.51. The van der Waals surface area contributed by atoms with Gasteiger partial charge in [0.1, 0.15) is 17.3 Å². The predicted molar refractivity (Wildman–Crippen MR) is 62.1 cm³/mol. The Bertz CT molecular complexity index is 431. The standard InChI is InChI=1S/C12H15N3O/c16-10-6-2-1-5-9-15-13-11-7-3-4-8-12(11)14-15/h3-4,7-8,10H,1-2,5-6,9H2. The Kier molecular flexibility index (Phi) is 3.64. The van der Waals surface area contributed by atoms with Crippen LogP contribution in [0.5, 0.6) is 0 Å². The number of carbonyl (C=O) groups excluding carboxylic acids is 1. The Hall–Kier alpha value is -1.71. The number of hydrogen-bond acceptors (Lipinski definition) is 3. The minimum atomic E-state index is 0.661. The molecule has 0 unspecified atom stereocenters. The van der Waals surface area contributed by atoms with Gasteiger partial charge in [0.05, 0.1) is 6.54 Å². The molecule has 0 radical (unpaired) electrons. The molecule has 0 bridgehead atoms. The van der Waals surface area contributed by atoms with Crippen LogP contribution >= 0.6 is 0 Å². The van der Waals surface area contributed by atoms with Crippen LogP contribution in [0.4, 0.5) is 0 Å². The van der Waals surface area contributed by atoms with Gasteiger partial charge in [0.15, 0.2) is 0 Å². The maximum absolute atomic E-state index is 10.1. The number of hydrogen-bond donors (Lipinski definition) is 0. The molecule has 0 aliphatic carbocycles. The highest BCUT2D eigenvalue weighted by atomic mass is 16.1. The fourth-order valence-corrected chi connectivity index (χ4v) is 1.66. The predicted octanol–water partition coefficient (Wildman–Crippen LogP) is 2.19. The van der Waals surface area contributed by atoms with Crippen LogP contribution in [0, 0.1) is 0 Å². The van der Waals surface area contributed by atoms with Gasteiger partial charge in [0.25, 0.3) is 0 Å². The average molecular weight is 217 g/mol. The SMILES string of the molecule is O=CCCCCCn1nc2ccccc2n1. The summed E-state index contributed by atoms with van der Waals surface area (Å²) < 4.78 is 0. The van der Waals surface area contributed by atoms with E-state index in [-0.39, 0.29) is 0 Å². The Balaban J connectivity index is 1.87. The number of aryl methyl sites for hydroxylation is 1. The summed E-state index contributed by atoms with van der Waals surface area (Å²) in [5.41, 5.74) is 1.88. The van der Waals surface area contributed by atoms with Gasteiger partial charge in [-0.1, -0.05) is 18.6 Å². The van der Waals surface area contributed by atoms with Gasteiger partial charge in [-0.15, -0.1) is 0 Å². The minimum absolute atomic E-state index is 0.661. The third kappa shape index (κ3) is 2.66. The molecule has 0 atom stereocenters. The van der Waals surface area contributed by atoms with Crippen molar-refractivity contribution in [3.05, 3.63) is 24.3 Å². The van der Waals surface area contributed by atoms with E-state index in [0.717, 1.165) is 43.1 Å². The third-order valence-corrected chi connectivity index (χ3v) is 2.51. The molecular weight excluding hydrogens is 202 g/mol. The van der Waals surface area contributed by atoms with Gasteiger partial charge >= 0.3 is 0 Å². The summed E-state index contributed by atoms with van der Waals surface area (Å²) in [6.45, 7) is 0.827. The van der Waals surface area contributed by atoms with E-state index in [4.69, 9.17) is 0 Å². The molecule has 0 saturated heterocycles. The zero-order valence-electron chi connectivity index (χ0n) is 9.17. The van der Waals surface area contributed by atoms with Crippen molar-refractivity contribution in [3.63, 3.8) is 0 Å². The van der Waals surface area contributed by atoms with E-state index in [0.29, 0.717) is 6.42 Å². The van der Waals surface area contributed by atoms with Gasteiger partial charge in [-0.05, 0) is 25.0 Å². The fourth-order valence-electron chi connectivity index (χ4n) is 1.66. The fraction of sp³-hybridized carbons (Fsp3) is 0.417. The van der Waals surface area contributed by atoms with Crippen molar-refractivity contribution in [3.8, 4) is 0 Å². The Morgan fingerprint density at radius 1 is 1.06 bits per heavy atom. The lowest BCUT2D eigenvalue weighted by atomic mass is 10.2. The molecule has 0 saturated carbocycles. The minimum Gasteiger partial charge on any atom is -0.303 e. The Labute approximate surface area is 94.3 Å². The smallest absolute Gasteiger partial charge is 0.119 e. The van der Waals surface area contributed by atoms with E-state index in [1.165, 1.54) is 0 Å². The van der Waals surface area contributed by atoms with Crippen molar-refractivity contribution in [2.24, 2.45) is 0 Å². The Morgan fingerprint density at radius 3 is 2.38 bits per heavy atom. The summed E-state index contributed by atoms with van der Waals surface area (Å²) in [6, 6.07) is 7.85. The number of aldehydes is 1. The zero-order chi connectivity index (χ0) is 11.2. The maximum Gasteiger partial charge on any atom is 0.119 e. The molecule has 1 aromatic heterocycles. The van der Waals surface area contributed by atoms with Crippen molar-refractivity contribution in [1.82, 2.24) is 15.0 Å². The molecule has 2 aromatic rings. The van der Waals surface area contributed by atoms with E-state index in [1.807, 2.05) is 24.3 Å². The van der Waals surface area contributed by atoms with Crippen LogP contribution in [-0.2, 0) is 11.3 Å². The van der Waals surface area contributed by atoms with Crippen LogP contribution in [0.2, 0.25) is 0 Å². The lowest BCUT2D eigenvalue weighted by Gasteiger charge is -1.97. The molecule has 1 heterocycles. The number of rotatable bonds is 6. The van der Waals surface area contributed by atoms with Gasteiger partial charge in [0.2, 0.25) is 0 Å². The van der Waals surface area contributed by atoms with Gasteiger partial charge in [0, 0.05) is 6.42 Å². The number of nitrogens with zero attached hydrogens (tertiary/aromatic N) is 3. The molecule has 84 valence electrons. The van der Waals surface area contributed by atoms with Crippen LogP contribution in [0.15, 0.2) is 24.3 Å². The van der Waals surface area contributed by atoms with E-state index in [1.54, 1.807) is 4.80 Å². The van der Waals surface area contributed by atoms with Crippen molar-refractivity contribution < 1.29 is 4.79 Å². The molecule has 4 heteroatoms. The zero-order valence-corrected chi connectivity index (χ0v) is 9.17. The number of benzene rings is 1. The molecule has 0 amide bonds. The number of fused-ring (bicyclic) bond motifs is 1. The summed E-state index contributed by atoms with van der Waals surface area (Å²) >= 11 is 0. The summed E-state index contributed by atoms with van der Waals surface area (Å²) in [4.78, 5) is 11.9. The topological polar surface area (TPSA) is 47.8 Å². The summed E-state index contributed by atoms with van der Waals surface area (Å²) in [5.74, 6) is 0. The first kappa shape index (κ1) is 10.8. The molecule has 0 aliphatic rings. The van der Waals surface area contributed by atoms with Crippen molar-refractivity contribution in [2.45, 2.75) is 32.2 Å². The highest BCUT2D eigenvalue weighted by molar-refractivity contribution is 5.72. The van der Waals surface area contributed by atoms with Crippen LogP contribution < -0.4 is 0 Å². The first-order valence-corrected chi connectivity index (χ1v) is 5.63. The first-order valence-electron chi connectivity index (χ1n) is 5.63. The monoisotopic (exact) mass is 217 g/mol. The number of unbranched alkanes of at least 4 members (excludes halogenated alkanes) is 3. The van der Waals surface area contributed by atoms with Gasteiger partial charge in [-0.2, -0.15) is 15.0 Å². The quantitative estimate of drug-likeness (QED) is 0.550. The van der Waals surface area contributed by atoms with Crippen LogP contribution in [-0.4, -0.2) is 21.3 Å². The highest BCUT2D eigenvalue weighted by Crippen LogP contribution is 2.08. The molecule has 0 N–H and O–H groups in total. The molecule has 0 fully saturated rings. The van der Waals surface area contributed by atoms with E-state index in [9.17, 15) is 4.79 Å². The number of carbonyl (C=O) groups is 1. The number of aromatic nitrogens is 3. The second-order valence-electron chi connectivity index (χ2n) is 3.80. The normalized spacial score (nSPS) is 10.8. The lowest BCUT2D eigenvalue weighted by molar-refractivity contribution is -0.107. The van der Waals surface area contributed by atoms with Crippen LogP contribution in [0.25, 0.3) is 11.0 Å². The average Bonchev–Trinajstić information content (AvgIpc) is 2.71. The van der Waals surface area contributed by atoms with Crippen molar-refractivity contribution >= 4 is 17.3 Å². The maximum atomic E-state index is 10.1. The second-order valence-corrected chi connectivity index (χ2v) is 3.80. The van der Waals surface area contributed by atoms with Crippen LogP contribution in [0.1, 0.15) is 25.7 Å². The van der Waals surface area contributed by atoms with E-state index in [2.05, 4.69) is 10.2 Å². The molecular formula is C12H15N3O. The second kappa shape index (κ2) is 5.39. The molecule has 1 aromatic carbocycles. The molecule has 16 heavy (non-hydrogen) atoms.